The predicted molar refractivity (Wildman–Crippen MR) is 125 cm³/mol. The van der Waals surface area contributed by atoms with Gasteiger partial charge < -0.3 is 19.1 Å². The molecule has 0 aliphatic carbocycles. The zero-order valence-electron chi connectivity index (χ0n) is 19.6. The van der Waals surface area contributed by atoms with Gasteiger partial charge in [0.05, 0.1) is 17.2 Å². The largest absolute Gasteiger partial charge is 0.376 e. The second-order valence-electron chi connectivity index (χ2n) is 9.81. The Kier molecular flexibility index (Phi) is 7.10. The topological polar surface area (TPSA) is 75.9 Å². The monoisotopic (exact) mass is 473 g/mol. The highest BCUT2D eigenvalue weighted by atomic mass is 35.5. The van der Waals surface area contributed by atoms with Crippen LogP contribution in [0.15, 0.2) is 34.9 Å². The molecule has 8 heteroatoms. The Labute approximate surface area is 200 Å². The summed E-state index contributed by atoms with van der Waals surface area (Å²) in [5.41, 5.74) is 1.03. The molecule has 1 spiro atoms. The maximum absolute atomic E-state index is 13.8. The molecule has 7 nitrogen and oxygen atoms in total. The molecule has 1 aromatic heterocycles. The Morgan fingerprint density at radius 3 is 2.76 bits per heavy atom. The Hall–Kier alpha value is -2.38. The SMILES string of the molecule is Cc1cc(C(=O)N2CCC[C@@]3(C[C@H](OCC(C)C)CN(Cc4ccc(Cl)cc4)C3=O)C2)on1. The van der Waals surface area contributed by atoms with Crippen molar-refractivity contribution in [2.75, 3.05) is 26.2 Å². The molecule has 2 saturated heterocycles. The fourth-order valence-electron chi connectivity index (χ4n) is 4.91. The fourth-order valence-corrected chi connectivity index (χ4v) is 5.03. The quantitative estimate of drug-likeness (QED) is 0.624. The van der Waals surface area contributed by atoms with Crippen LogP contribution in [0.25, 0.3) is 0 Å². The summed E-state index contributed by atoms with van der Waals surface area (Å²) >= 11 is 6.04. The molecule has 0 saturated carbocycles. The van der Waals surface area contributed by atoms with Gasteiger partial charge in [-0.1, -0.05) is 42.7 Å². The van der Waals surface area contributed by atoms with Crippen molar-refractivity contribution >= 4 is 23.4 Å². The van der Waals surface area contributed by atoms with Crippen molar-refractivity contribution in [2.24, 2.45) is 11.3 Å². The number of carbonyl (C=O) groups is 2. The number of hydrogen-bond donors (Lipinski definition) is 0. The van der Waals surface area contributed by atoms with Gasteiger partial charge in [0, 0.05) is 43.9 Å². The summed E-state index contributed by atoms with van der Waals surface area (Å²) in [6.07, 6.45) is 2.05. The Morgan fingerprint density at radius 2 is 2.09 bits per heavy atom. The van der Waals surface area contributed by atoms with E-state index in [0.717, 1.165) is 18.4 Å². The van der Waals surface area contributed by atoms with E-state index in [1.165, 1.54) is 0 Å². The van der Waals surface area contributed by atoms with E-state index in [-0.39, 0.29) is 23.7 Å². The molecule has 3 heterocycles. The summed E-state index contributed by atoms with van der Waals surface area (Å²) in [5.74, 6) is 0.505. The minimum Gasteiger partial charge on any atom is -0.376 e. The van der Waals surface area contributed by atoms with Gasteiger partial charge in [0.1, 0.15) is 0 Å². The van der Waals surface area contributed by atoms with Gasteiger partial charge in [0.2, 0.25) is 11.7 Å². The molecular weight excluding hydrogens is 442 g/mol. The first-order valence-corrected chi connectivity index (χ1v) is 12.0. The van der Waals surface area contributed by atoms with Crippen LogP contribution in [-0.4, -0.2) is 59.1 Å². The van der Waals surface area contributed by atoms with E-state index in [4.69, 9.17) is 20.9 Å². The van der Waals surface area contributed by atoms with Gasteiger partial charge in [0.15, 0.2) is 0 Å². The molecule has 0 N–H and O–H groups in total. The minimum absolute atomic E-state index is 0.0695. The zero-order chi connectivity index (χ0) is 23.6. The molecule has 2 aliphatic rings. The summed E-state index contributed by atoms with van der Waals surface area (Å²) < 4.78 is 11.4. The third-order valence-corrected chi connectivity index (χ3v) is 6.69. The number of rotatable bonds is 6. The number of piperidine rings is 2. The van der Waals surface area contributed by atoms with E-state index >= 15 is 0 Å². The number of hydrogen-bond acceptors (Lipinski definition) is 5. The number of benzene rings is 1. The second kappa shape index (κ2) is 9.85. The molecule has 2 aromatic rings. The normalized spacial score (nSPS) is 23.5. The molecule has 0 bridgehead atoms. The van der Waals surface area contributed by atoms with Crippen LogP contribution in [0.2, 0.25) is 5.02 Å². The number of halogens is 1. The lowest BCUT2D eigenvalue weighted by Crippen LogP contribution is -2.60. The van der Waals surface area contributed by atoms with E-state index < -0.39 is 5.41 Å². The lowest BCUT2D eigenvalue weighted by molar-refractivity contribution is -0.160. The number of aromatic nitrogens is 1. The smallest absolute Gasteiger partial charge is 0.292 e. The minimum atomic E-state index is -0.657. The van der Waals surface area contributed by atoms with E-state index in [9.17, 15) is 9.59 Å². The highest BCUT2D eigenvalue weighted by Gasteiger charge is 2.50. The van der Waals surface area contributed by atoms with Gasteiger partial charge in [-0.25, -0.2) is 0 Å². The van der Waals surface area contributed by atoms with Crippen molar-refractivity contribution in [3.63, 3.8) is 0 Å². The average molecular weight is 474 g/mol. The summed E-state index contributed by atoms with van der Waals surface area (Å²) in [6.45, 7) is 8.67. The van der Waals surface area contributed by atoms with Crippen LogP contribution < -0.4 is 0 Å². The van der Waals surface area contributed by atoms with Crippen molar-refractivity contribution < 1.29 is 18.8 Å². The fraction of sp³-hybridized carbons (Fsp3) is 0.560. The van der Waals surface area contributed by atoms with E-state index in [2.05, 4.69) is 19.0 Å². The van der Waals surface area contributed by atoms with Gasteiger partial charge in [-0.2, -0.15) is 0 Å². The van der Waals surface area contributed by atoms with Gasteiger partial charge in [-0.15, -0.1) is 0 Å². The number of nitrogens with zero attached hydrogens (tertiary/aromatic N) is 3. The van der Waals surface area contributed by atoms with Crippen LogP contribution in [0.3, 0.4) is 0 Å². The number of carbonyl (C=O) groups excluding carboxylic acids is 2. The summed E-state index contributed by atoms with van der Waals surface area (Å²) in [5, 5.41) is 4.51. The zero-order valence-corrected chi connectivity index (χ0v) is 20.3. The molecule has 2 atom stereocenters. The Balaban J connectivity index is 1.57. The van der Waals surface area contributed by atoms with Crippen LogP contribution in [0.5, 0.6) is 0 Å². The number of likely N-dealkylation sites (tertiary alicyclic amines) is 2. The Morgan fingerprint density at radius 1 is 1.33 bits per heavy atom. The lowest BCUT2D eigenvalue weighted by Gasteiger charge is -2.49. The van der Waals surface area contributed by atoms with Crippen LogP contribution in [-0.2, 0) is 16.1 Å². The molecule has 0 unspecified atom stereocenters. The highest BCUT2D eigenvalue weighted by molar-refractivity contribution is 6.30. The Bertz CT molecular complexity index is 990. The molecular formula is C25H32ClN3O4. The summed E-state index contributed by atoms with van der Waals surface area (Å²) in [4.78, 5) is 30.5. The van der Waals surface area contributed by atoms with Crippen molar-refractivity contribution in [3.8, 4) is 0 Å². The lowest BCUT2D eigenvalue weighted by atomic mass is 9.72. The molecule has 4 rings (SSSR count). The molecule has 178 valence electrons. The van der Waals surface area contributed by atoms with Gasteiger partial charge in [-0.05, 0) is 49.8 Å². The molecule has 0 radical (unpaired) electrons. The van der Waals surface area contributed by atoms with Crippen LogP contribution in [0, 0.1) is 18.3 Å². The van der Waals surface area contributed by atoms with Gasteiger partial charge in [-0.3, -0.25) is 9.59 Å². The first kappa shape index (κ1) is 23.8. The third kappa shape index (κ3) is 5.41. The van der Waals surface area contributed by atoms with Crippen molar-refractivity contribution in [1.29, 1.82) is 0 Å². The van der Waals surface area contributed by atoms with Crippen molar-refractivity contribution in [2.45, 2.75) is 52.7 Å². The van der Waals surface area contributed by atoms with Crippen molar-refractivity contribution in [3.05, 3.63) is 52.4 Å². The predicted octanol–water partition coefficient (Wildman–Crippen LogP) is 4.33. The summed E-state index contributed by atoms with van der Waals surface area (Å²) in [6, 6.07) is 9.23. The van der Waals surface area contributed by atoms with E-state index in [1.54, 1.807) is 17.9 Å². The third-order valence-electron chi connectivity index (χ3n) is 6.44. The second-order valence-corrected chi connectivity index (χ2v) is 10.2. The molecule has 2 aliphatic heterocycles. The van der Waals surface area contributed by atoms with Gasteiger partial charge in [0.25, 0.3) is 5.91 Å². The molecule has 2 fully saturated rings. The standard InChI is InChI=1S/C25H32ClN3O4/c1-17(2)15-32-21-12-25(24(31)29(14-21)13-19-5-7-20(26)8-6-19)9-4-10-28(16-25)23(30)22-11-18(3)27-33-22/h5-8,11,17,21H,4,9-10,12-16H2,1-3H3/t21-,25+/m0/s1. The van der Waals surface area contributed by atoms with Crippen LogP contribution in [0.4, 0.5) is 0 Å². The maximum atomic E-state index is 13.8. The first-order valence-electron chi connectivity index (χ1n) is 11.6. The van der Waals surface area contributed by atoms with E-state index in [1.807, 2.05) is 29.2 Å². The van der Waals surface area contributed by atoms with Crippen LogP contribution >= 0.6 is 11.6 Å². The number of ether oxygens (including phenoxy) is 1. The van der Waals surface area contributed by atoms with Crippen molar-refractivity contribution in [1.82, 2.24) is 15.0 Å². The van der Waals surface area contributed by atoms with Crippen LogP contribution in [0.1, 0.15) is 54.9 Å². The van der Waals surface area contributed by atoms with Gasteiger partial charge >= 0.3 is 0 Å². The number of aryl methyl sites for hydroxylation is 1. The molecule has 1 aromatic carbocycles. The number of amides is 2. The highest BCUT2D eigenvalue weighted by Crippen LogP contribution is 2.41. The average Bonchev–Trinajstić information content (AvgIpc) is 3.23. The molecule has 33 heavy (non-hydrogen) atoms. The molecule has 2 amide bonds. The first-order chi connectivity index (χ1) is 15.8. The maximum Gasteiger partial charge on any atom is 0.292 e. The van der Waals surface area contributed by atoms with E-state index in [0.29, 0.717) is 55.8 Å². The summed E-state index contributed by atoms with van der Waals surface area (Å²) in [7, 11) is 0.